The Kier molecular flexibility index (Phi) is 7.43. The number of rotatable bonds is 9. The van der Waals surface area contributed by atoms with E-state index in [1.54, 1.807) is 6.07 Å². The first kappa shape index (κ1) is 15.9. The van der Waals surface area contributed by atoms with E-state index >= 15 is 0 Å². The molecule has 0 saturated carbocycles. The van der Waals surface area contributed by atoms with Crippen LogP contribution in [0.4, 0.5) is 11.4 Å². The van der Waals surface area contributed by atoms with E-state index in [1.807, 2.05) is 0 Å². The maximum absolute atomic E-state index is 10.6. The quantitative estimate of drug-likeness (QED) is 0.422. The Balaban J connectivity index is 2.28. The lowest BCUT2D eigenvalue weighted by Crippen LogP contribution is -2.06. The van der Waals surface area contributed by atoms with E-state index in [4.69, 9.17) is 4.74 Å². The lowest BCUT2D eigenvalue weighted by atomic mass is 10.3. The second-order valence-electron chi connectivity index (χ2n) is 4.17. The van der Waals surface area contributed by atoms with E-state index in [0.717, 1.165) is 44.7 Å². The summed E-state index contributed by atoms with van der Waals surface area (Å²) in [4.78, 5) is 10.2. The highest BCUT2D eigenvalue weighted by atomic mass is 79.9. The Morgan fingerprint density at radius 3 is 2.74 bits per heavy atom. The summed E-state index contributed by atoms with van der Waals surface area (Å²) in [6.07, 6.45) is 3.16. The summed E-state index contributed by atoms with van der Waals surface area (Å²) in [5.74, 6) is 0. The number of hydrogen-bond donors (Lipinski definition) is 1. The van der Waals surface area contributed by atoms with Gasteiger partial charge in [-0.05, 0) is 34.8 Å². The van der Waals surface area contributed by atoms with Gasteiger partial charge in [-0.2, -0.15) is 0 Å². The second-order valence-corrected chi connectivity index (χ2v) is 5.02. The number of nitro benzene ring substituents is 1. The van der Waals surface area contributed by atoms with Crippen LogP contribution in [0.15, 0.2) is 22.7 Å². The van der Waals surface area contributed by atoms with Crippen molar-refractivity contribution in [2.45, 2.75) is 26.2 Å². The molecule has 6 heteroatoms. The van der Waals surface area contributed by atoms with Crippen molar-refractivity contribution in [3.8, 4) is 0 Å². The highest BCUT2D eigenvalue weighted by Crippen LogP contribution is 2.26. The van der Waals surface area contributed by atoms with E-state index in [-0.39, 0.29) is 5.69 Å². The summed E-state index contributed by atoms with van der Waals surface area (Å²) in [5, 5.41) is 13.8. The zero-order chi connectivity index (χ0) is 14.1. The fourth-order valence-corrected chi connectivity index (χ4v) is 2.01. The van der Waals surface area contributed by atoms with Crippen molar-refractivity contribution < 1.29 is 9.66 Å². The van der Waals surface area contributed by atoms with Crippen molar-refractivity contribution in [3.05, 3.63) is 32.8 Å². The summed E-state index contributed by atoms with van der Waals surface area (Å²) >= 11 is 3.32. The predicted molar refractivity (Wildman–Crippen MR) is 79.6 cm³/mol. The summed E-state index contributed by atoms with van der Waals surface area (Å²) in [6.45, 7) is 4.47. The number of nitro groups is 1. The highest BCUT2D eigenvalue weighted by molar-refractivity contribution is 9.10. The first-order chi connectivity index (χ1) is 9.15. The summed E-state index contributed by atoms with van der Waals surface area (Å²) in [6, 6.07) is 4.70. The van der Waals surface area contributed by atoms with Gasteiger partial charge in [-0.3, -0.25) is 10.1 Å². The van der Waals surface area contributed by atoms with Gasteiger partial charge in [-0.25, -0.2) is 0 Å². The predicted octanol–water partition coefficient (Wildman–Crippen LogP) is 3.98. The lowest BCUT2D eigenvalue weighted by molar-refractivity contribution is -0.384. The van der Waals surface area contributed by atoms with Gasteiger partial charge in [-0.15, -0.1) is 0 Å². The fourth-order valence-electron chi connectivity index (χ4n) is 1.51. The number of non-ortho nitro benzene ring substituents is 1. The number of benzene rings is 1. The number of nitrogens with one attached hydrogen (secondary N) is 1. The molecule has 1 rings (SSSR count). The minimum atomic E-state index is -0.407. The molecule has 0 atom stereocenters. The molecule has 106 valence electrons. The molecule has 0 aliphatic heterocycles. The number of ether oxygens (including phenoxy) is 1. The number of nitrogens with zero attached hydrogens (tertiary/aromatic N) is 1. The SMILES string of the molecule is CCCCOCCCNc1ccc([N+](=O)[O-])cc1Br. The third-order valence-electron chi connectivity index (χ3n) is 2.59. The van der Waals surface area contributed by atoms with Gasteiger partial charge < -0.3 is 10.1 Å². The molecule has 5 nitrogen and oxygen atoms in total. The van der Waals surface area contributed by atoms with Crippen molar-refractivity contribution in [1.82, 2.24) is 0 Å². The standard InChI is InChI=1S/C13H19BrN2O3/c1-2-3-8-19-9-4-7-15-13-6-5-11(16(17)18)10-12(13)14/h5-6,10,15H,2-4,7-9H2,1H3. The van der Waals surface area contributed by atoms with Crippen LogP contribution in [0.1, 0.15) is 26.2 Å². The van der Waals surface area contributed by atoms with Crippen molar-refractivity contribution in [2.75, 3.05) is 25.1 Å². The molecule has 0 heterocycles. The van der Waals surface area contributed by atoms with E-state index in [2.05, 4.69) is 28.2 Å². The van der Waals surface area contributed by atoms with E-state index in [0.29, 0.717) is 4.47 Å². The van der Waals surface area contributed by atoms with Gasteiger partial charge in [0.05, 0.1) is 4.92 Å². The van der Waals surface area contributed by atoms with Crippen molar-refractivity contribution >= 4 is 27.3 Å². The molecule has 1 N–H and O–H groups in total. The Bertz CT molecular complexity index is 413. The minimum absolute atomic E-state index is 0.0836. The molecule has 0 aliphatic carbocycles. The molecule has 0 amide bonds. The van der Waals surface area contributed by atoms with Crippen LogP contribution in [0.5, 0.6) is 0 Å². The molecule has 0 aliphatic rings. The van der Waals surface area contributed by atoms with Gasteiger partial charge in [0.1, 0.15) is 0 Å². The monoisotopic (exact) mass is 330 g/mol. The fraction of sp³-hybridized carbons (Fsp3) is 0.538. The van der Waals surface area contributed by atoms with Crippen LogP contribution in [0.2, 0.25) is 0 Å². The number of unbranched alkanes of at least 4 members (excludes halogenated alkanes) is 1. The zero-order valence-corrected chi connectivity index (χ0v) is 12.6. The number of halogens is 1. The average molecular weight is 331 g/mol. The Morgan fingerprint density at radius 1 is 1.37 bits per heavy atom. The molecule has 1 aromatic rings. The third kappa shape index (κ3) is 6.02. The number of hydrogen-bond acceptors (Lipinski definition) is 4. The van der Waals surface area contributed by atoms with E-state index < -0.39 is 4.92 Å². The van der Waals surface area contributed by atoms with Crippen LogP contribution in [-0.4, -0.2) is 24.7 Å². The minimum Gasteiger partial charge on any atom is -0.384 e. The van der Waals surface area contributed by atoms with Gasteiger partial charge in [0.25, 0.3) is 5.69 Å². The maximum atomic E-state index is 10.6. The second kappa shape index (κ2) is 8.87. The normalized spacial score (nSPS) is 10.4. The van der Waals surface area contributed by atoms with Gasteiger partial charge in [0.2, 0.25) is 0 Å². The Labute approximate surface area is 121 Å². The molecule has 0 bridgehead atoms. The van der Waals surface area contributed by atoms with E-state index in [9.17, 15) is 10.1 Å². The molecule has 0 aromatic heterocycles. The molecule has 0 fully saturated rings. The summed E-state index contributed by atoms with van der Waals surface area (Å²) in [7, 11) is 0. The summed E-state index contributed by atoms with van der Waals surface area (Å²) < 4.78 is 6.15. The molecule has 0 spiro atoms. The lowest BCUT2D eigenvalue weighted by Gasteiger charge is -2.08. The van der Waals surface area contributed by atoms with Crippen molar-refractivity contribution in [1.29, 1.82) is 0 Å². The third-order valence-corrected chi connectivity index (χ3v) is 3.24. The van der Waals surface area contributed by atoms with Crippen LogP contribution >= 0.6 is 15.9 Å². The molecule has 0 unspecified atom stereocenters. The molecular formula is C13H19BrN2O3. The topological polar surface area (TPSA) is 64.4 Å². The maximum Gasteiger partial charge on any atom is 0.270 e. The largest absolute Gasteiger partial charge is 0.384 e. The molecule has 0 radical (unpaired) electrons. The average Bonchev–Trinajstić information content (AvgIpc) is 2.39. The summed E-state index contributed by atoms with van der Waals surface area (Å²) in [5.41, 5.74) is 0.944. The smallest absolute Gasteiger partial charge is 0.270 e. The molecule has 19 heavy (non-hydrogen) atoms. The zero-order valence-electron chi connectivity index (χ0n) is 11.0. The van der Waals surface area contributed by atoms with E-state index in [1.165, 1.54) is 12.1 Å². The van der Waals surface area contributed by atoms with Crippen molar-refractivity contribution in [2.24, 2.45) is 0 Å². The molecule has 0 saturated heterocycles. The van der Waals surface area contributed by atoms with Gasteiger partial charge in [0, 0.05) is 42.1 Å². The Hall–Kier alpha value is -1.14. The number of anilines is 1. The van der Waals surface area contributed by atoms with Gasteiger partial charge >= 0.3 is 0 Å². The first-order valence-electron chi connectivity index (χ1n) is 6.40. The highest BCUT2D eigenvalue weighted by Gasteiger charge is 2.08. The van der Waals surface area contributed by atoms with Crippen LogP contribution in [0.3, 0.4) is 0 Å². The molecular weight excluding hydrogens is 312 g/mol. The molecule has 1 aromatic carbocycles. The van der Waals surface area contributed by atoms with Crippen LogP contribution in [-0.2, 0) is 4.74 Å². The van der Waals surface area contributed by atoms with Crippen LogP contribution in [0, 0.1) is 10.1 Å². The first-order valence-corrected chi connectivity index (χ1v) is 7.20. The van der Waals surface area contributed by atoms with Crippen molar-refractivity contribution in [3.63, 3.8) is 0 Å². The Morgan fingerprint density at radius 2 is 2.11 bits per heavy atom. The van der Waals surface area contributed by atoms with Gasteiger partial charge in [0.15, 0.2) is 0 Å². The van der Waals surface area contributed by atoms with Gasteiger partial charge in [-0.1, -0.05) is 13.3 Å². The van der Waals surface area contributed by atoms with Crippen LogP contribution in [0.25, 0.3) is 0 Å². The van der Waals surface area contributed by atoms with Crippen LogP contribution < -0.4 is 5.32 Å².